The molecule has 0 saturated heterocycles. The molecule has 0 unspecified atom stereocenters. The van der Waals surface area contributed by atoms with Crippen LogP contribution in [0.15, 0.2) is 60.8 Å². The van der Waals surface area contributed by atoms with E-state index in [2.05, 4.69) is 15.6 Å². The van der Waals surface area contributed by atoms with E-state index < -0.39 is 0 Å². The summed E-state index contributed by atoms with van der Waals surface area (Å²) in [6.45, 7) is 2.33. The van der Waals surface area contributed by atoms with Crippen LogP contribution in [0, 0.1) is 12.7 Å². The summed E-state index contributed by atoms with van der Waals surface area (Å²) >= 11 is 6.08. The van der Waals surface area contributed by atoms with Crippen LogP contribution >= 0.6 is 11.6 Å². The number of carbonyl (C=O) groups is 1. The average molecular weight is 370 g/mol. The quantitative estimate of drug-likeness (QED) is 0.662. The highest BCUT2D eigenvalue weighted by molar-refractivity contribution is 6.31. The molecule has 0 radical (unpaired) electrons. The second-order valence-electron chi connectivity index (χ2n) is 5.78. The van der Waals surface area contributed by atoms with Crippen molar-refractivity contribution in [2.24, 2.45) is 0 Å². The van der Waals surface area contributed by atoms with Gasteiger partial charge in [-0.2, -0.15) is 0 Å². The van der Waals surface area contributed by atoms with Gasteiger partial charge in [0, 0.05) is 29.0 Å². The molecule has 0 aliphatic heterocycles. The van der Waals surface area contributed by atoms with Crippen molar-refractivity contribution in [2.75, 3.05) is 10.6 Å². The van der Waals surface area contributed by atoms with Gasteiger partial charge in [-0.1, -0.05) is 29.8 Å². The minimum absolute atomic E-state index is 0.248. The molecule has 0 fully saturated rings. The fourth-order valence-corrected chi connectivity index (χ4v) is 2.58. The topological polar surface area (TPSA) is 54.0 Å². The van der Waals surface area contributed by atoms with Crippen LogP contribution in [0.4, 0.5) is 15.9 Å². The molecule has 2 aromatic carbocycles. The normalized spacial score (nSPS) is 10.4. The van der Waals surface area contributed by atoms with E-state index in [0.717, 1.165) is 11.1 Å². The van der Waals surface area contributed by atoms with Crippen molar-refractivity contribution in [1.29, 1.82) is 0 Å². The van der Waals surface area contributed by atoms with Crippen LogP contribution in [0.5, 0.6) is 0 Å². The molecule has 2 N–H and O–H groups in total. The van der Waals surface area contributed by atoms with Crippen molar-refractivity contribution in [3.05, 3.63) is 88.3 Å². The number of anilines is 2. The molecule has 1 aromatic heterocycles. The van der Waals surface area contributed by atoms with Crippen molar-refractivity contribution < 1.29 is 9.18 Å². The molecular formula is C20H17ClFN3O. The second kappa shape index (κ2) is 7.97. The van der Waals surface area contributed by atoms with Crippen LogP contribution in [-0.2, 0) is 6.54 Å². The summed E-state index contributed by atoms with van der Waals surface area (Å²) < 4.78 is 12.9. The Hall–Kier alpha value is -2.92. The first-order valence-corrected chi connectivity index (χ1v) is 8.41. The molecule has 6 heteroatoms. The SMILES string of the molecule is Cc1c(Cl)cccc1NC(=O)c1ccnc(NCc2ccc(F)cc2)c1. The van der Waals surface area contributed by atoms with Gasteiger partial charge < -0.3 is 10.6 Å². The first-order chi connectivity index (χ1) is 12.5. The van der Waals surface area contributed by atoms with Crippen LogP contribution in [0.25, 0.3) is 0 Å². The highest BCUT2D eigenvalue weighted by Crippen LogP contribution is 2.23. The lowest BCUT2D eigenvalue weighted by atomic mass is 10.1. The van der Waals surface area contributed by atoms with Gasteiger partial charge in [0.15, 0.2) is 0 Å². The number of nitrogens with zero attached hydrogens (tertiary/aromatic N) is 1. The van der Waals surface area contributed by atoms with Crippen LogP contribution < -0.4 is 10.6 Å². The van der Waals surface area contributed by atoms with Crippen molar-refractivity contribution >= 4 is 29.0 Å². The van der Waals surface area contributed by atoms with Crippen molar-refractivity contribution in [1.82, 2.24) is 4.98 Å². The molecule has 1 heterocycles. The molecule has 0 spiro atoms. The van der Waals surface area contributed by atoms with Crippen LogP contribution in [0.1, 0.15) is 21.5 Å². The number of benzene rings is 2. The molecule has 4 nitrogen and oxygen atoms in total. The molecule has 132 valence electrons. The van der Waals surface area contributed by atoms with E-state index in [-0.39, 0.29) is 11.7 Å². The molecule has 0 aliphatic carbocycles. The molecule has 0 aliphatic rings. The Kier molecular flexibility index (Phi) is 5.49. The lowest BCUT2D eigenvalue weighted by molar-refractivity contribution is 0.102. The van der Waals surface area contributed by atoms with Gasteiger partial charge in [-0.05, 0) is 54.4 Å². The number of rotatable bonds is 5. The molecule has 0 saturated carbocycles. The fourth-order valence-electron chi connectivity index (χ4n) is 2.40. The standard InChI is InChI=1S/C20H17ClFN3O/c1-13-17(21)3-2-4-18(13)25-20(26)15-9-10-23-19(11-15)24-12-14-5-7-16(22)8-6-14/h2-11H,12H2,1H3,(H,23,24)(H,25,26). The molecule has 1 amide bonds. The third-order valence-corrected chi connectivity index (χ3v) is 4.33. The number of hydrogen-bond donors (Lipinski definition) is 2. The molecule has 3 rings (SSSR count). The Balaban J connectivity index is 1.69. The highest BCUT2D eigenvalue weighted by atomic mass is 35.5. The van der Waals surface area contributed by atoms with Crippen LogP contribution in [0.3, 0.4) is 0 Å². The monoisotopic (exact) mass is 369 g/mol. The van der Waals surface area contributed by atoms with Crippen molar-refractivity contribution in [2.45, 2.75) is 13.5 Å². The average Bonchev–Trinajstić information content (AvgIpc) is 2.65. The van der Waals surface area contributed by atoms with E-state index in [4.69, 9.17) is 11.6 Å². The predicted octanol–water partition coefficient (Wildman–Crippen LogP) is 5.05. The van der Waals surface area contributed by atoms with E-state index in [1.807, 2.05) is 6.92 Å². The summed E-state index contributed by atoms with van der Waals surface area (Å²) in [5.74, 6) is 0.0363. The zero-order valence-electron chi connectivity index (χ0n) is 14.1. The zero-order valence-corrected chi connectivity index (χ0v) is 14.8. The first-order valence-electron chi connectivity index (χ1n) is 8.04. The minimum atomic E-state index is -0.276. The van der Waals surface area contributed by atoms with E-state index in [1.54, 1.807) is 48.7 Å². The van der Waals surface area contributed by atoms with Gasteiger partial charge in [0.1, 0.15) is 11.6 Å². The number of amides is 1. The molecule has 0 bridgehead atoms. The Morgan fingerprint density at radius 1 is 1.15 bits per heavy atom. The largest absolute Gasteiger partial charge is 0.366 e. The fraction of sp³-hybridized carbons (Fsp3) is 0.100. The molecule has 26 heavy (non-hydrogen) atoms. The van der Waals surface area contributed by atoms with Gasteiger partial charge in [0.05, 0.1) is 0 Å². The number of carbonyl (C=O) groups excluding carboxylic acids is 1. The van der Waals surface area contributed by atoms with E-state index in [0.29, 0.717) is 28.6 Å². The van der Waals surface area contributed by atoms with E-state index in [1.165, 1.54) is 12.1 Å². The van der Waals surface area contributed by atoms with Gasteiger partial charge in [0.25, 0.3) is 5.91 Å². The Labute approximate surface area is 156 Å². The molecule has 3 aromatic rings. The maximum absolute atomic E-state index is 12.9. The van der Waals surface area contributed by atoms with Crippen LogP contribution in [-0.4, -0.2) is 10.9 Å². The third-order valence-electron chi connectivity index (χ3n) is 3.92. The lowest BCUT2D eigenvalue weighted by Crippen LogP contribution is -2.13. The van der Waals surface area contributed by atoms with Gasteiger partial charge in [-0.25, -0.2) is 9.37 Å². The van der Waals surface area contributed by atoms with Gasteiger partial charge in [-0.15, -0.1) is 0 Å². The number of halogens is 2. The van der Waals surface area contributed by atoms with Crippen molar-refractivity contribution in [3.63, 3.8) is 0 Å². The van der Waals surface area contributed by atoms with E-state index in [9.17, 15) is 9.18 Å². The maximum atomic E-state index is 12.9. The Bertz CT molecular complexity index is 929. The molecule has 0 atom stereocenters. The summed E-state index contributed by atoms with van der Waals surface area (Å²) in [4.78, 5) is 16.7. The maximum Gasteiger partial charge on any atom is 0.255 e. The van der Waals surface area contributed by atoms with Gasteiger partial charge in [-0.3, -0.25) is 4.79 Å². The Morgan fingerprint density at radius 3 is 2.69 bits per heavy atom. The third kappa shape index (κ3) is 4.37. The summed E-state index contributed by atoms with van der Waals surface area (Å²) in [6.07, 6.45) is 1.56. The van der Waals surface area contributed by atoms with Gasteiger partial charge in [0.2, 0.25) is 0 Å². The Morgan fingerprint density at radius 2 is 1.92 bits per heavy atom. The molecular weight excluding hydrogens is 353 g/mol. The lowest BCUT2D eigenvalue weighted by Gasteiger charge is -2.11. The smallest absolute Gasteiger partial charge is 0.255 e. The summed E-state index contributed by atoms with van der Waals surface area (Å²) in [5, 5.41) is 6.58. The zero-order chi connectivity index (χ0) is 18.5. The predicted molar refractivity (Wildman–Crippen MR) is 102 cm³/mol. The number of hydrogen-bond acceptors (Lipinski definition) is 3. The van der Waals surface area contributed by atoms with Gasteiger partial charge >= 0.3 is 0 Å². The summed E-state index contributed by atoms with van der Waals surface area (Å²) in [7, 11) is 0. The number of pyridine rings is 1. The summed E-state index contributed by atoms with van der Waals surface area (Å²) in [5.41, 5.74) is 2.87. The highest BCUT2D eigenvalue weighted by Gasteiger charge is 2.10. The van der Waals surface area contributed by atoms with Crippen LogP contribution in [0.2, 0.25) is 5.02 Å². The number of aromatic nitrogens is 1. The van der Waals surface area contributed by atoms with Crippen molar-refractivity contribution in [3.8, 4) is 0 Å². The first kappa shape index (κ1) is 17.9. The second-order valence-corrected chi connectivity index (χ2v) is 6.18. The minimum Gasteiger partial charge on any atom is -0.366 e. The number of nitrogens with one attached hydrogen (secondary N) is 2. The summed E-state index contributed by atoms with van der Waals surface area (Å²) in [6, 6.07) is 14.9. The van der Waals surface area contributed by atoms with E-state index >= 15 is 0 Å².